The zero-order valence-electron chi connectivity index (χ0n) is 12.9. The number of hydrogen-bond acceptors (Lipinski definition) is 3. The van der Waals surface area contributed by atoms with Gasteiger partial charge in [-0.2, -0.15) is 0 Å². The van der Waals surface area contributed by atoms with Crippen LogP contribution in [0, 0.1) is 13.8 Å². The van der Waals surface area contributed by atoms with E-state index in [1.807, 2.05) is 44.2 Å². The van der Waals surface area contributed by atoms with Crippen molar-refractivity contribution in [1.82, 2.24) is 0 Å². The highest BCUT2D eigenvalue weighted by Crippen LogP contribution is 2.28. The molecule has 122 valence electrons. The van der Waals surface area contributed by atoms with Gasteiger partial charge < -0.3 is 14.8 Å². The van der Waals surface area contributed by atoms with Crippen LogP contribution in [0.2, 0.25) is 0 Å². The summed E-state index contributed by atoms with van der Waals surface area (Å²) in [6.07, 6.45) is 0. The average molecular weight is 398 g/mol. The van der Waals surface area contributed by atoms with Crippen LogP contribution < -0.4 is 10.1 Å². The highest BCUT2D eigenvalue weighted by Gasteiger charge is 2.10. The van der Waals surface area contributed by atoms with E-state index < -0.39 is 6.86 Å². The second kappa shape index (κ2) is 8.26. The highest BCUT2D eigenvalue weighted by atomic mass is 79.9. The third-order valence-electron chi connectivity index (χ3n) is 3.24. The Labute approximate surface area is 148 Å². The number of thiocarbonyl (C=S) groups is 1. The number of aryl methyl sites for hydroxylation is 2. The molecule has 0 aromatic heterocycles. The van der Waals surface area contributed by atoms with Crippen molar-refractivity contribution in [2.24, 2.45) is 0 Å². The lowest BCUT2D eigenvalue weighted by molar-refractivity contribution is 0.184. The number of alkyl halides is 1. The first-order valence-electron chi connectivity index (χ1n) is 6.98. The molecule has 23 heavy (non-hydrogen) atoms. The summed E-state index contributed by atoms with van der Waals surface area (Å²) in [6.45, 7) is 3.42. The SMILES string of the molecule is Cc1ccc(OCc2c(Br)cccc2NC(=S)OCF)c(C)c1. The predicted molar refractivity (Wildman–Crippen MR) is 97.7 cm³/mol. The Balaban J connectivity index is 2.16. The number of nitrogens with one attached hydrogen (secondary N) is 1. The first-order valence-corrected chi connectivity index (χ1v) is 8.18. The van der Waals surface area contributed by atoms with Crippen LogP contribution in [-0.2, 0) is 11.3 Å². The molecule has 0 saturated carbocycles. The highest BCUT2D eigenvalue weighted by molar-refractivity contribution is 9.10. The lowest BCUT2D eigenvalue weighted by Crippen LogP contribution is -2.14. The van der Waals surface area contributed by atoms with Crippen molar-refractivity contribution >= 4 is 39.0 Å². The van der Waals surface area contributed by atoms with E-state index in [0.29, 0.717) is 12.3 Å². The molecular weight excluding hydrogens is 381 g/mol. The summed E-state index contributed by atoms with van der Waals surface area (Å²) in [6, 6.07) is 11.6. The lowest BCUT2D eigenvalue weighted by atomic mass is 10.1. The molecule has 0 fully saturated rings. The Morgan fingerprint density at radius 2 is 2.04 bits per heavy atom. The first-order chi connectivity index (χ1) is 11.0. The van der Waals surface area contributed by atoms with Crippen LogP contribution in [0.4, 0.5) is 10.1 Å². The maximum atomic E-state index is 12.2. The van der Waals surface area contributed by atoms with E-state index in [-0.39, 0.29) is 5.17 Å². The Morgan fingerprint density at radius 3 is 2.74 bits per heavy atom. The number of ether oxygens (including phenoxy) is 2. The average Bonchev–Trinajstić information content (AvgIpc) is 2.48. The van der Waals surface area contributed by atoms with Crippen molar-refractivity contribution in [3.63, 3.8) is 0 Å². The van der Waals surface area contributed by atoms with Crippen molar-refractivity contribution in [3.05, 3.63) is 57.6 Å². The van der Waals surface area contributed by atoms with E-state index in [1.165, 1.54) is 5.56 Å². The fourth-order valence-electron chi connectivity index (χ4n) is 2.13. The molecule has 0 spiro atoms. The maximum Gasteiger partial charge on any atom is 0.263 e. The topological polar surface area (TPSA) is 30.5 Å². The van der Waals surface area contributed by atoms with Crippen molar-refractivity contribution in [2.45, 2.75) is 20.5 Å². The van der Waals surface area contributed by atoms with Gasteiger partial charge in [0.1, 0.15) is 12.4 Å². The van der Waals surface area contributed by atoms with E-state index in [2.05, 4.69) is 32.0 Å². The molecule has 0 saturated heterocycles. The molecule has 2 aromatic carbocycles. The fraction of sp³-hybridized carbons (Fsp3) is 0.235. The monoisotopic (exact) mass is 397 g/mol. The molecule has 3 nitrogen and oxygen atoms in total. The number of anilines is 1. The van der Waals surface area contributed by atoms with Crippen molar-refractivity contribution in [3.8, 4) is 5.75 Å². The van der Waals surface area contributed by atoms with Crippen LogP contribution in [0.3, 0.4) is 0 Å². The first kappa shape index (κ1) is 17.7. The molecule has 0 atom stereocenters. The molecule has 0 radical (unpaired) electrons. The molecule has 6 heteroatoms. The van der Waals surface area contributed by atoms with E-state index >= 15 is 0 Å². The van der Waals surface area contributed by atoms with E-state index in [0.717, 1.165) is 21.3 Å². The van der Waals surface area contributed by atoms with Crippen LogP contribution in [-0.4, -0.2) is 12.0 Å². The third-order valence-corrected chi connectivity index (χ3v) is 4.21. The number of hydrogen-bond donors (Lipinski definition) is 1. The third kappa shape index (κ3) is 4.91. The minimum Gasteiger partial charge on any atom is -0.489 e. The molecule has 2 rings (SSSR count). The van der Waals surface area contributed by atoms with Crippen LogP contribution in [0.25, 0.3) is 0 Å². The van der Waals surface area contributed by atoms with Gasteiger partial charge in [0.05, 0.1) is 0 Å². The zero-order chi connectivity index (χ0) is 16.8. The van der Waals surface area contributed by atoms with E-state index in [9.17, 15) is 4.39 Å². The van der Waals surface area contributed by atoms with Gasteiger partial charge in [0.2, 0.25) is 6.86 Å². The molecular formula is C17H17BrFNO2S. The number of benzene rings is 2. The van der Waals surface area contributed by atoms with E-state index in [1.54, 1.807) is 0 Å². The lowest BCUT2D eigenvalue weighted by Gasteiger charge is -2.15. The van der Waals surface area contributed by atoms with Crippen molar-refractivity contribution in [2.75, 3.05) is 12.2 Å². The molecule has 0 aliphatic carbocycles. The minimum atomic E-state index is -0.964. The predicted octanol–water partition coefficient (Wildman–Crippen LogP) is 5.29. The summed E-state index contributed by atoms with van der Waals surface area (Å²) >= 11 is 8.42. The molecule has 0 aliphatic heterocycles. The molecule has 0 bridgehead atoms. The zero-order valence-corrected chi connectivity index (χ0v) is 15.3. The summed E-state index contributed by atoms with van der Waals surface area (Å²) in [5.41, 5.74) is 3.84. The Kier molecular flexibility index (Phi) is 6.36. The van der Waals surface area contributed by atoms with Gasteiger partial charge >= 0.3 is 0 Å². The van der Waals surface area contributed by atoms with Gasteiger partial charge in [-0.05, 0) is 49.8 Å². The normalized spacial score (nSPS) is 10.3. The summed E-state index contributed by atoms with van der Waals surface area (Å²) in [5, 5.41) is 2.86. The standard InChI is InChI=1S/C17H17BrFNO2S/c1-11-6-7-16(12(2)8-11)21-9-13-14(18)4-3-5-15(13)20-17(23)22-10-19/h3-8H,9-10H2,1-2H3,(H,20,23). The van der Waals surface area contributed by atoms with Gasteiger partial charge in [-0.1, -0.05) is 39.7 Å². The molecule has 0 heterocycles. The van der Waals surface area contributed by atoms with Gasteiger partial charge in [0.15, 0.2) is 0 Å². The van der Waals surface area contributed by atoms with Gasteiger partial charge in [-0.25, -0.2) is 4.39 Å². The fourth-order valence-corrected chi connectivity index (χ4v) is 2.76. The van der Waals surface area contributed by atoms with Crippen molar-refractivity contribution < 1.29 is 13.9 Å². The molecule has 2 aromatic rings. The summed E-state index contributed by atoms with van der Waals surface area (Å²) in [5.74, 6) is 0.819. The second-order valence-corrected chi connectivity index (χ2v) is 6.21. The van der Waals surface area contributed by atoms with Gasteiger partial charge in [0, 0.05) is 15.7 Å². The van der Waals surface area contributed by atoms with Crippen LogP contribution >= 0.6 is 28.1 Å². The van der Waals surface area contributed by atoms with E-state index in [4.69, 9.17) is 17.0 Å². The summed E-state index contributed by atoms with van der Waals surface area (Å²) in [4.78, 5) is 0. The largest absolute Gasteiger partial charge is 0.489 e. The second-order valence-electron chi connectivity index (χ2n) is 4.99. The Hall–Kier alpha value is -1.66. The van der Waals surface area contributed by atoms with Crippen molar-refractivity contribution in [1.29, 1.82) is 0 Å². The maximum absolute atomic E-state index is 12.2. The van der Waals surface area contributed by atoms with Crippen LogP contribution in [0.5, 0.6) is 5.75 Å². The summed E-state index contributed by atoms with van der Waals surface area (Å²) in [7, 11) is 0. The summed E-state index contributed by atoms with van der Waals surface area (Å²) < 4.78 is 23.6. The minimum absolute atomic E-state index is 0.0154. The number of rotatable bonds is 5. The van der Waals surface area contributed by atoms with Gasteiger partial charge in [-0.15, -0.1) is 0 Å². The molecule has 0 amide bonds. The molecule has 0 unspecified atom stereocenters. The van der Waals surface area contributed by atoms with Crippen LogP contribution in [0.1, 0.15) is 16.7 Å². The Morgan fingerprint density at radius 1 is 1.26 bits per heavy atom. The van der Waals surface area contributed by atoms with Crippen LogP contribution in [0.15, 0.2) is 40.9 Å². The van der Waals surface area contributed by atoms with Gasteiger partial charge in [-0.3, -0.25) is 0 Å². The quantitative estimate of drug-likeness (QED) is 0.694. The number of halogens is 2. The molecule has 1 N–H and O–H groups in total. The Bertz CT molecular complexity index is 709. The smallest absolute Gasteiger partial charge is 0.263 e. The van der Waals surface area contributed by atoms with Gasteiger partial charge in [0.25, 0.3) is 5.17 Å². The molecule has 0 aliphatic rings.